The van der Waals surface area contributed by atoms with Crippen LogP contribution in [0.3, 0.4) is 0 Å². The van der Waals surface area contributed by atoms with Gasteiger partial charge in [-0.25, -0.2) is 5.01 Å². The fraction of sp³-hybridized carbons (Fsp3) is 0.185. The first-order valence-corrected chi connectivity index (χ1v) is 13.0. The molecule has 0 bridgehead atoms. The highest BCUT2D eigenvalue weighted by molar-refractivity contribution is 8.15. The standard InChI is InChI=1S/C27H22Cl2N4O2S/c1-16-5-7-17(8-6-16)22-14-23(18-9-11-19(28)12-10-18)33(32-22)27-31-26(35)24(36-27)15-25(34)30-21-4-2-3-20(29)13-21/h2-13,23-24H,14-15H2,1H3,(H,30,34)/t23-,24-/m0/s1. The molecule has 2 aliphatic rings. The molecule has 6 nitrogen and oxygen atoms in total. The fourth-order valence-electron chi connectivity index (χ4n) is 4.10. The molecule has 1 N–H and O–H groups in total. The lowest BCUT2D eigenvalue weighted by Gasteiger charge is -2.23. The highest BCUT2D eigenvalue weighted by atomic mass is 35.5. The maximum Gasteiger partial charge on any atom is 0.262 e. The van der Waals surface area contributed by atoms with Crippen LogP contribution in [0, 0.1) is 6.92 Å². The molecule has 182 valence electrons. The zero-order chi connectivity index (χ0) is 25.2. The van der Waals surface area contributed by atoms with E-state index in [4.69, 9.17) is 28.3 Å². The number of anilines is 1. The Kier molecular flexibility index (Phi) is 7.14. The molecule has 0 aliphatic carbocycles. The van der Waals surface area contributed by atoms with Gasteiger partial charge >= 0.3 is 0 Å². The molecule has 9 heteroatoms. The molecule has 0 spiro atoms. The van der Waals surface area contributed by atoms with Gasteiger partial charge in [-0.2, -0.15) is 10.1 Å². The number of nitrogens with zero attached hydrogens (tertiary/aromatic N) is 3. The summed E-state index contributed by atoms with van der Waals surface area (Å²) in [6, 6.07) is 22.6. The van der Waals surface area contributed by atoms with Gasteiger partial charge in [0.2, 0.25) is 5.91 Å². The predicted octanol–water partition coefficient (Wildman–Crippen LogP) is 6.48. The molecule has 36 heavy (non-hydrogen) atoms. The Bertz CT molecular complexity index is 1370. The molecule has 2 aliphatic heterocycles. The van der Waals surface area contributed by atoms with Crippen LogP contribution in [0.4, 0.5) is 5.69 Å². The Morgan fingerprint density at radius 3 is 2.53 bits per heavy atom. The third-order valence-electron chi connectivity index (χ3n) is 5.95. The summed E-state index contributed by atoms with van der Waals surface area (Å²) in [5.74, 6) is -0.621. The Hall–Kier alpha value is -3.13. The summed E-state index contributed by atoms with van der Waals surface area (Å²) in [6.07, 6.45) is 0.648. The Labute approximate surface area is 223 Å². The number of amides is 2. The summed E-state index contributed by atoms with van der Waals surface area (Å²) in [7, 11) is 0. The smallest absolute Gasteiger partial charge is 0.262 e. The van der Waals surface area contributed by atoms with Crippen molar-refractivity contribution in [2.75, 3.05) is 5.32 Å². The summed E-state index contributed by atoms with van der Waals surface area (Å²) in [6.45, 7) is 2.04. The van der Waals surface area contributed by atoms with E-state index in [1.54, 1.807) is 29.3 Å². The molecular weight excluding hydrogens is 515 g/mol. The number of hydrogen-bond donors (Lipinski definition) is 1. The Morgan fingerprint density at radius 2 is 1.81 bits per heavy atom. The maximum atomic E-state index is 12.8. The lowest BCUT2D eigenvalue weighted by molar-refractivity contribution is -0.121. The van der Waals surface area contributed by atoms with Gasteiger partial charge in [0.15, 0.2) is 5.17 Å². The van der Waals surface area contributed by atoms with Crippen molar-refractivity contribution >= 4 is 63.3 Å². The lowest BCUT2D eigenvalue weighted by Crippen LogP contribution is -2.25. The number of halogens is 2. The zero-order valence-corrected chi connectivity index (χ0v) is 21.6. The molecule has 0 unspecified atom stereocenters. The Balaban J connectivity index is 1.35. The zero-order valence-electron chi connectivity index (χ0n) is 19.3. The number of amidine groups is 1. The van der Waals surface area contributed by atoms with Gasteiger partial charge in [-0.05, 0) is 48.4 Å². The number of thioether (sulfide) groups is 1. The molecule has 0 aromatic heterocycles. The van der Waals surface area contributed by atoms with Crippen molar-refractivity contribution in [1.82, 2.24) is 5.01 Å². The van der Waals surface area contributed by atoms with E-state index < -0.39 is 5.25 Å². The van der Waals surface area contributed by atoms with Crippen LogP contribution in [0.25, 0.3) is 0 Å². The Morgan fingerprint density at radius 1 is 1.06 bits per heavy atom. The van der Waals surface area contributed by atoms with E-state index in [1.165, 1.54) is 17.3 Å². The maximum absolute atomic E-state index is 12.8. The van der Waals surface area contributed by atoms with Gasteiger partial charge < -0.3 is 5.32 Å². The highest BCUT2D eigenvalue weighted by Gasteiger charge is 2.39. The predicted molar refractivity (Wildman–Crippen MR) is 147 cm³/mol. The molecular formula is C27H22Cl2N4O2S. The number of hydrazone groups is 1. The van der Waals surface area contributed by atoms with E-state index in [0.29, 0.717) is 27.3 Å². The second kappa shape index (κ2) is 10.5. The number of aryl methyl sites for hydroxylation is 1. The van der Waals surface area contributed by atoms with Crippen LogP contribution in [-0.4, -0.2) is 33.0 Å². The molecule has 0 radical (unpaired) electrons. The molecule has 3 aromatic carbocycles. The van der Waals surface area contributed by atoms with Crippen molar-refractivity contribution in [3.05, 3.63) is 99.5 Å². The van der Waals surface area contributed by atoms with Crippen LogP contribution in [0.5, 0.6) is 0 Å². The van der Waals surface area contributed by atoms with Crippen molar-refractivity contribution in [2.45, 2.75) is 31.1 Å². The quantitative estimate of drug-likeness (QED) is 0.404. The van der Waals surface area contributed by atoms with Gasteiger partial charge in [0.25, 0.3) is 5.91 Å². The number of benzene rings is 3. The second-order valence-electron chi connectivity index (χ2n) is 8.63. The summed E-state index contributed by atoms with van der Waals surface area (Å²) >= 11 is 13.4. The van der Waals surface area contributed by atoms with Gasteiger partial charge in [-0.1, -0.05) is 83.0 Å². The molecule has 0 fully saturated rings. The van der Waals surface area contributed by atoms with Gasteiger partial charge in [0, 0.05) is 28.6 Å². The summed E-state index contributed by atoms with van der Waals surface area (Å²) in [4.78, 5) is 29.7. The van der Waals surface area contributed by atoms with E-state index >= 15 is 0 Å². The van der Waals surface area contributed by atoms with E-state index in [0.717, 1.165) is 16.8 Å². The number of carbonyl (C=O) groups excluding carboxylic acids is 2. The topological polar surface area (TPSA) is 74.1 Å². The number of rotatable bonds is 5. The minimum Gasteiger partial charge on any atom is -0.326 e. The fourth-order valence-corrected chi connectivity index (χ4v) is 5.48. The molecule has 2 amide bonds. The van der Waals surface area contributed by atoms with E-state index in [1.807, 2.05) is 43.3 Å². The minimum atomic E-state index is -0.622. The monoisotopic (exact) mass is 536 g/mol. The number of aliphatic imine (C=N–C) groups is 1. The van der Waals surface area contributed by atoms with Crippen molar-refractivity contribution in [2.24, 2.45) is 10.1 Å². The third kappa shape index (κ3) is 5.48. The third-order valence-corrected chi connectivity index (χ3v) is 7.58. The van der Waals surface area contributed by atoms with Crippen molar-refractivity contribution in [1.29, 1.82) is 0 Å². The van der Waals surface area contributed by atoms with Crippen LogP contribution >= 0.6 is 35.0 Å². The molecule has 2 heterocycles. The molecule has 3 aromatic rings. The van der Waals surface area contributed by atoms with Gasteiger partial charge in [-0.3, -0.25) is 9.59 Å². The van der Waals surface area contributed by atoms with Crippen LogP contribution in [0.1, 0.15) is 35.6 Å². The van der Waals surface area contributed by atoms with E-state index in [9.17, 15) is 9.59 Å². The van der Waals surface area contributed by atoms with Crippen LogP contribution in [0.2, 0.25) is 10.0 Å². The first kappa shape index (κ1) is 24.6. The average molecular weight is 537 g/mol. The van der Waals surface area contributed by atoms with E-state index in [2.05, 4.69) is 22.4 Å². The lowest BCUT2D eigenvalue weighted by atomic mass is 9.98. The van der Waals surface area contributed by atoms with E-state index in [-0.39, 0.29) is 24.3 Å². The van der Waals surface area contributed by atoms with Gasteiger partial charge in [-0.15, -0.1) is 0 Å². The minimum absolute atomic E-state index is 0.00298. The number of nitrogens with one attached hydrogen (secondary N) is 1. The summed E-state index contributed by atoms with van der Waals surface area (Å²) in [5.41, 5.74) is 4.70. The van der Waals surface area contributed by atoms with Crippen LogP contribution in [0.15, 0.2) is 82.9 Å². The summed E-state index contributed by atoms with van der Waals surface area (Å²) in [5, 5.41) is 10.5. The largest absolute Gasteiger partial charge is 0.326 e. The molecule has 0 saturated heterocycles. The molecule has 2 atom stereocenters. The van der Waals surface area contributed by atoms with Crippen molar-refractivity contribution in [3.63, 3.8) is 0 Å². The number of carbonyl (C=O) groups is 2. The summed E-state index contributed by atoms with van der Waals surface area (Å²) < 4.78 is 0. The SMILES string of the molecule is Cc1ccc(C2=NN(C3=NC(=O)[C@H](CC(=O)Nc4cccc(Cl)c4)S3)[C@H](c3ccc(Cl)cc3)C2)cc1. The van der Waals surface area contributed by atoms with Gasteiger partial charge in [0.1, 0.15) is 5.25 Å². The first-order valence-electron chi connectivity index (χ1n) is 11.4. The normalized spacial score (nSPS) is 19.3. The second-order valence-corrected chi connectivity index (χ2v) is 10.7. The average Bonchev–Trinajstić information content (AvgIpc) is 3.44. The molecule has 0 saturated carbocycles. The number of hydrogen-bond acceptors (Lipinski definition) is 5. The molecule has 5 rings (SSSR count). The van der Waals surface area contributed by atoms with Crippen LogP contribution < -0.4 is 5.32 Å². The first-order chi connectivity index (χ1) is 17.4. The highest BCUT2D eigenvalue weighted by Crippen LogP contribution is 2.39. The van der Waals surface area contributed by atoms with Crippen molar-refractivity contribution < 1.29 is 9.59 Å². The van der Waals surface area contributed by atoms with Gasteiger partial charge in [0.05, 0.1) is 11.8 Å². The van der Waals surface area contributed by atoms with Crippen LogP contribution in [-0.2, 0) is 9.59 Å². The van der Waals surface area contributed by atoms with Crippen molar-refractivity contribution in [3.8, 4) is 0 Å².